The lowest BCUT2D eigenvalue weighted by molar-refractivity contribution is -0.152. The first-order valence-electron chi connectivity index (χ1n) is 10.5. The Morgan fingerprint density at radius 1 is 0.900 bits per heavy atom. The van der Waals surface area contributed by atoms with Crippen molar-refractivity contribution in [2.75, 3.05) is 27.9 Å². The lowest BCUT2D eigenvalue weighted by Gasteiger charge is -2.27. The monoisotopic (exact) mass is 450 g/mol. The second-order valence-electron chi connectivity index (χ2n) is 7.21. The summed E-state index contributed by atoms with van der Waals surface area (Å²) in [4.78, 5) is 12.3. The smallest absolute Gasteiger partial charge is 0.467 e. The minimum atomic E-state index is -3.70. The van der Waals surface area contributed by atoms with Gasteiger partial charge in [0.15, 0.2) is 6.10 Å². The van der Waals surface area contributed by atoms with E-state index < -0.39 is 52.4 Å². The first kappa shape index (κ1) is 25.8. The topological polar surface area (TPSA) is 108 Å². The van der Waals surface area contributed by atoms with E-state index in [-0.39, 0.29) is 6.61 Å². The molecule has 0 aromatic heterocycles. The summed E-state index contributed by atoms with van der Waals surface area (Å²) in [6.07, 6.45) is 2.04. The number of rotatable bonds is 13. The summed E-state index contributed by atoms with van der Waals surface area (Å²) in [7, 11) is -0.969. The SMILES string of the molecule is CCCCB1O[C@@H]([C@@H]2OB(CCCC)O[C@H]2C(=O)OC)[C@@H](COP(=O)(OC)OC)O1. The third-order valence-electron chi connectivity index (χ3n) is 5.10. The van der Waals surface area contributed by atoms with E-state index in [1.807, 2.05) is 0 Å². The zero-order chi connectivity index (χ0) is 22.1. The highest BCUT2D eigenvalue weighted by Gasteiger charge is 2.54. The van der Waals surface area contributed by atoms with Gasteiger partial charge in [0, 0.05) is 14.2 Å². The molecule has 0 aliphatic carbocycles. The molecule has 2 rings (SSSR count). The molecule has 2 heterocycles. The van der Waals surface area contributed by atoms with E-state index in [0.717, 1.165) is 25.7 Å². The lowest BCUT2D eigenvalue weighted by atomic mass is 9.82. The largest absolute Gasteiger partial charge is 0.474 e. The Hall–Kier alpha value is -0.450. The molecule has 2 aliphatic heterocycles. The Kier molecular flexibility index (Phi) is 10.8. The minimum Gasteiger partial charge on any atom is -0.467 e. The van der Waals surface area contributed by atoms with Gasteiger partial charge in [0.1, 0.15) is 6.10 Å². The van der Waals surface area contributed by atoms with Crippen molar-refractivity contribution >= 4 is 28.0 Å². The molecule has 2 aliphatic rings. The highest BCUT2D eigenvalue weighted by atomic mass is 31.2. The molecule has 2 saturated heterocycles. The number of hydrogen-bond donors (Lipinski definition) is 0. The quantitative estimate of drug-likeness (QED) is 0.236. The molecular formula is C17H33B2O10P. The Morgan fingerprint density at radius 3 is 2.00 bits per heavy atom. The van der Waals surface area contributed by atoms with E-state index in [2.05, 4.69) is 13.8 Å². The summed E-state index contributed by atoms with van der Waals surface area (Å²) in [5.74, 6) is -0.543. The molecule has 0 radical (unpaired) electrons. The number of phosphoric ester groups is 1. The number of unbranched alkanes of at least 4 members (excludes halogenated alkanes) is 2. The summed E-state index contributed by atoms with van der Waals surface area (Å²) in [6, 6.07) is 0. The van der Waals surface area contributed by atoms with Crippen LogP contribution in [0.3, 0.4) is 0 Å². The van der Waals surface area contributed by atoms with Gasteiger partial charge in [0.2, 0.25) is 0 Å². The van der Waals surface area contributed by atoms with Gasteiger partial charge in [0.05, 0.1) is 25.9 Å². The van der Waals surface area contributed by atoms with Crippen LogP contribution in [0.25, 0.3) is 0 Å². The van der Waals surface area contributed by atoms with Gasteiger partial charge in [-0.05, 0) is 12.6 Å². The van der Waals surface area contributed by atoms with Crippen LogP contribution in [0.1, 0.15) is 39.5 Å². The fraction of sp³-hybridized carbons (Fsp3) is 0.941. The Morgan fingerprint density at radius 2 is 1.47 bits per heavy atom. The van der Waals surface area contributed by atoms with Crippen molar-refractivity contribution in [2.45, 2.75) is 76.6 Å². The summed E-state index contributed by atoms with van der Waals surface area (Å²) < 4.78 is 56.1. The molecule has 2 fully saturated rings. The second kappa shape index (κ2) is 12.6. The molecule has 0 spiro atoms. The Labute approximate surface area is 179 Å². The van der Waals surface area contributed by atoms with Crippen molar-refractivity contribution in [1.29, 1.82) is 0 Å². The molecule has 0 saturated carbocycles. The third-order valence-corrected chi connectivity index (χ3v) is 6.46. The molecule has 0 N–H and O–H groups in total. The van der Waals surface area contributed by atoms with Crippen molar-refractivity contribution in [1.82, 2.24) is 0 Å². The zero-order valence-electron chi connectivity index (χ0n) is 18.4. The van der Waals surface area contributed by atoms with E-state index >= 15 is 0 Å². The van der Waals surface area contributed by atoms with Crippen LogP contribution in [0.4, 0.5) is 0 Å². The molecular weight excluding hydrogens is 417 g/mol. The maximum absolute atomic E-state index is 12.3. The van der Waals surface area contributed by atoms with Gasteiger partial charge in [-0.1, -0.05) is 39.5 Å². The van der Waals surface area contributed by atoms with Crippen LogP contribution < -0.4 is 0 Å². The van der Waals surface area contributed by atoms with E-state index in [1.54, 1.807) is 0 Å². The van der Waals surface area contributed by atoms with Gasteiger partial charge in [-0.2, -0.15) is 0 Å². The van der Waals surface area contributed by atoms with E-state index in [4.69, 9.17) is 36.9 Å². The second-order valence-corrected chi connectivity index (χ2v) is 9.09. The van der Waals surface area contributed by atoms with Gasteiger partial charge in [0.25, 0.3) is 0 Å². The fourth-order valence-corrected chi connectivity index (χ4v) is 4.11. The number of esters is 1. The van der Waals surface area contributed by atoms with Crippen LogP contribution in [0.2, 0.25) is 12.6 Å². The molecule has 0 unspecified atom stereocenters. The Bertz CT molecular complexity index is 575. The molecule has 0 bridgehead atoms. The molecule has 0 aromatic carbocycles. The average Bonchev–Trinajstić information content (AvgIpc) is 3.37. The van der Waals surface area contributed by atoms with Crippen LogP contribution in [0.15, 0.2) is 0 Å². The molecule has 30 heavy (non-hydrogen) atoms. The number of carbonyl (C=O) groups is 1. The fourth-order valence-electron chi connectivity index (χ4n) is 3.42. The van der Waals surface area contributed by atoms with Crippen LogP contribution in [0, 0.1) is 0 Å². The van der Waals surface area contributed by atoms with Gasteiger partial charge < -0.3 is 23.4 Å². The normalized spacial score (nSPS) is 27.1. The summed E-state index contributed by atoms with van der Waals surface area (Å²) in [6.45, 7) is 4.01. The predicted molar refractivity (Wildman–Crippen MR) is 110 cm³/mol. The molecule has 172 valence electrons. The highest BCUT2D eigenvalue weighted by molar-refractivity contribution is 7.48. The number of carbonyl (C=O) groups excluding carboxylic acids is 1. The van der Waals surface area contributed by atoms with Crippen molar-refractivity contribution in [3.63, 3.8) is 0 Å². The van der Waals surface area contributed by atoms with E-state index in [9.17, 15) is 9.36 Å². The van der Waals surface area contributed by atoms with E-state index in [0.29, 0.717) is 12.6 Å². The maximum atomic E-state index is 12.3. The van der Waals surface area contributed by atoms with Crippen LogP contribution in [-0.4, -0.2) is 72.6 Å². The minimum absolute atomic E-state index is 0.125. The number of hydrogen-bond acceptors (Lipinski definition) is 10. The first-order chi connectivity index (χ1) is 14.4. The van der Waals surface area contributed by atoms with Gasteiger partial charge in [-0.25, -0.2) is 9.36 Å². The number of phosphoric acid groups is 1. The van der Waals surface area contributed by atoms with Gasteiger partial charge >= 0.3 is 28.0 Å². The zero-order valence-corrected chi connectivity index (χ0v) is 19.3. The average molecular weight is 450 g/mol. The van der Waals surface area contributed by atoms with Crippen LogP contribution in [0.5, 0.6) is 0 Å². The molecule has 13 heteroatoms. The van der Waals surface area contributed by atoms with Gasteiger partial charge in [-0.15, -0.1) is 0 Å². The summed E-state index contributed by atoms with van der Waals surface area (Å²) in [5, 5.41) is 0. The maximum Gasteiger partial charge on any atom is 0.474 e. The summed E-state index contributed by atoms with van der Waals surface area (Å²) in [5.41, 5.74) is 0. The standard InChI is InChI=1S/C17H33B2O10P/c1-6-8-10-18-26-13(12-25-30(21,23-4)24-5)14(27-18)15-16(17(20)22-3)29-19(28-15)11-9-7-2/h13-16H,6-12H2,1-5H3/t13-,14-,15+,16-/m1/s1. The van der Waals surface area contributed by atoms with Crippen molar-refractivity contribution in [3.05, 3.63) is 0 Å². The first-order valence-corrected chi connectivity index (χ1v) is 11.9. The molecule has 0 amide bonds. The predicted octanol–water partition coefficient (Wildman–Crippen LogP) is 2.72. The van der Waals surface area contributed by atoms with E-state index in [1.165, 1.54) is 21.3 Å². The van der Waals surface area contributed by atoms with Crippen molar-refractivity contribution in [3.8, 4) is 0 Å². The highest BCUT2D eigenvalue weighted by Crippen LogP contribution is 2.48. The number of ether oxygens (including phenoxy) is 1. The third kappa shape index (κ3) is 6.77. The summed E-state index contributed by atoms with van der Waals surface area (Å²) >= 11 is 0. The van der Waals surface area contributed by atoms with Gasteiger partial charge in [-0.3, -0.25) is 13.6 Å². The van der Waals surface area contributed by atoms with Crippen molar-refractivity contribution in [2.24, 2.45) is 0 Å². The molecule has 4 atom stereocenters. The van der Waals surface area contributed by atoms with Crippen LogP contribution in [-0.2, 0) is 46.3 Å². The Balaban J connectivity index is 2.16. The molecule has 0 aromatic rings. The van der Waals surface area contributed by atoms with Crippen molar-refractivity contribution < 1.29 is 46.3 Å². The number of methoxy groups -OCH3 is 1. The molecule has 10 nitrogen and oxygen atoms in total. The van der Waals surface area contributed by atoms with Crippen LogP contribution >= 0.6 is 7.82 Å². The lowest BCUT2D eigenvalue weighted by Crippen LogP contribution is -2.46.